The van der Waals surface area contributed by atoms with Crippen LogP contribution in [-0.4, -0.2) is 35.4 Å². The van der Waals surface area contributed by atoms with Gasteiger partial charge >= 0.3 is 0 Å². The highest BCUT2D eigenvalue weighted by molar-refractivity contribution is 9.10. The molecule has 2 rings (SSSR count). The van der Waals surface area contributed by atoms with Crippen LogP contribution in [0.4, 0.5) is 0 Å². The predicted octanol–water partition coefficient (Wildman–Crippen LogP) is 1.69. The van der Waals surface area contributed by atoms with Gasteiger partial charge < -0.3 is 15.4 Å². The molecule has 0 aliphatic carbocycles. The Morgan fingerprint density at radius 2 is 2.25 bits per heavy atom. The molecule has 1 aliphatic rings. The second-order valence-corrected chi connectivity index (χ2v) is 5.73. The summed E-state index contributed by atoms with van der Waals surface area (Å²) in [5.41, 5.74) is 5.32. The molecule has 0 saturated carbocycles. The second-order valence-electron chi connectivity index (χ2n) is 4.81. The number of rotatable bonds is 4. The number of nitrogens with zero attached hydrogens (tertiary/aromatic N) is 1. The number of likely N-dealkylation sites (tertiary alicyclic amines) is 1. The number of nitrogens with two attached hydrogens (primary N) is 1. The van der Waals surface area contributed by atoms with Gasteiger partial charge in [0.1, 0.15) is 11.8 Å². The van der Waals surface area contributed by atoms with Crippen molar-refractivity contribution in [1.82, 2.24) is 4.90 Å². The van der Waals surface area contributed by atoms with Crippen molar-refractivity contribution >= 4 is 27.7 Å². The number of benzene rings is 1. The normalized spacial score (nSPS) is 19.7. The average molecular weight is 341 g/mol. The molecule has 1 aromatic carbocycles. The molecule has 2 atom stereocenters. The van der Waals surface area contributed by atoms with E-state index >= 15 is 0 Å². The summed E-state index contributed by atoms with van der Waals surface area (Å²) in [5, 5.41) is 0. The average Bonchev–Trinajstić information content (AvgIpc) is 2.87. The fourth-order valence-electron chi connectivity index (χ4n) is 2.35. The van der Waals surface area contributed by atoms with Crippen LogP contribution < -0.4 is 10.5 Å². The quantitative estimate of drug-likeness (QED) is 0.906. The van der Waals surface area contributed by atoms with Crippen LogP contribution >= 0.6 is 15.9 Å². The number of hydrogen-bond donors (Lipinski definition) is 1. The summed E-state index contributed by atoms with van der Waals surface area (Å²) >= 11 is 3.35. The highest BCUT2D eigenvalue weighted by atomic mass is 79.9. The Morgan fingerprint density at radius 1 is 1.50 bits per heavy atom. The molecule has 0 spiro atoms. The van der Waals surface area contributed by atoms with Crippen molar-refractivity contribution < 1.29 is 14.3 Å². The fraction of sp³-hybridized carbons (Fsp3) is 0.429. The van der Waals surface area contributed by atoms with Crippen LogP contribution in [0.15, 0.2) is 28.7 Å². The Labute approximate surface area is 126 Å². The first-order chi connectivity index (χ1) is 9.49. The number of carbonyl (C=O) groups excluding carboxylic acids is 2. The summed E-state index contributed by atoms with van der Waals surface area (Å²) in [6.45, 7) is 2.23. The highest BCUT2D eigenvalue weighted by Gasteiger charge is 2.35. The van der Waals surface area contributed by atoms with Crippen molar-refractivity contribution in [2.45, 2.75) is 31.9 Å². The summed E-state index contributed by atoms with van der Waals surface area (Å²) in [5.74, 6) is -0.0492. The third kappa shape index (κ3) is 3.30. The number of carbonyl (C=O) groups is 2. The number of halogens is 1. The van der Waals surface area contributed by atoms with Gasteiger partial charge in [0.2, 0.25) is 5.91 Å². The van der Waals surface area contributed by atoms with Crippen molar-refractivity contribution in [3.05, 3.63) is 28.7 Å². The van der Waals surface area contributed by atoms with E-state index in [4.69, 9.17) is 10.5 Å². The molecule has 1 saturated heterocycles. The zero-order chi connectivity index (χ0) is 14.7. The van der Waals surface area contributed by atoms with E-state index in [0.29, 0.717) is 18.7 Å². The van der Waals surface area contributed by atoms with Crippen LogP contribution in [0.1, 0.15) is 19.8 Å². The van der Waals surface area contributed by atoms with Gasteiger partial charge in [-0.05, 0) is 38.0 Å². The molecular formula is C14H17BrN2O3. The molecular weight excluding hydrogens is 324 g/mol. The molecule has 0 unspecified atom stereocenters. The largest absolute Gasteiger partial charge is 0.481 e. The molecule has 0 aromatic heterocycles. The minimum atomic E-state index is -0.649. The zero-order valence-electron chi connectivity index (χ0n) is 11.2. The zero-order valence-corrected chi connectivity index (χ0v) is 12.8. The topological polar surface area (TPSA) is 72.6 Å². The third-order valence-electron chi connectivity index (χ3n) is 3.32. The Balaban J connectivity index is 2.03. The molecule has 6 heteroatoms. The highest BCUT2D eigenvalue weighted by Crippen LogP contribution is 2.22. The van der Waals surface area contributed by atoms with E-state index in [-0.39, 0.29) is 5.91 Å². The first-order valence-electron chi connectivity index (χ1n) is 6.51. The minimum Gasteiger partial charge on any atom is -0.481 e. The van der Waals surface area contributed by atoms with Crippen molar-refractivity contribution in [2.24, 2.45) is 5.73 Å². The maximum Gasteiger partial charge on any atom is 0.264 e. The third-order valence-corrected chi connectivity index (χ3v) is 3.81. The Hall–Kier alpha value is -1.56. The first kappa shape index (κ1) is 14.8. The van der Waals surface area contributed by atoms with Crippen molar-refractivity contribution in [3.8, 4) is 5.75 Å². The molecule has 2 N–H and O–H groups in total. The van der Waals surface area contributed by atoms with Gasteiger partial charge in [0.05, 0.1) is 0 Å². The van der Waals surface area contributed by atoms with Gasteiger partial charge in [0.25, 0.3) is 5.91 Å². The molecule has 1 aromatic rings. The predicted molar refractivity (Wildman–Crippen MR) is 78.2 cm³/mol. The Morgan fingerprint density at radius 3 is 2.90 bits per heavy atom. The number of amides is 2. The number of primary amides is 1. The summed E-state index contributed by atoms with van der Waals surface area (Å²) in [7, 11) is 0. The van der Waals surface area contributed by atoms with Crippen LogP contribution in [0, 0.1) is 0 Å². The maximum absolute atomic E-state index is 12.3. The molecule has 5 nitrogen and oxygen atoms in total. The maximum atomic E-state index is 12.3. The molecule has 1 fully saturated rings. The fourth-order valence-corrected chi connectivity index (χ4v) is 2.73. The van der Waals surface area contributed by atoms with E-state index < -0.39 is 18.1 Å². The standard InChI is InChI=1S/C14H17BrN2O3/c1-9(20-11-5-2-4-10(15)8-11)14(19)17-7-3-6-12(17)13(16)18/h2,4-5,8-9,12H,3,6-7H2,1H3,(H2,16,18)/t9-,12+/m0/s1. The van der Waals surface area contributed by atoms with E-state index in [1.807, 2.05) is 12.1 Å². The number of hydrogen-bond acceptors (Lipinski definition) is 3. The van der Waals surface area contributed by atoms with Gasteiger partial charge in [0.15, 0.2) is 6.10 Å². The molecule has 0 bridgehead atoms. The molecule has 108 valence electrons. The van der Waals surface area contributed by atoms with E-state index in [2.05, 4.69) is 15.9 Å². The van der Waals surface area contributed by atoms with Crippen LogP contribution in [0.25, 0.3) is 0 Å². The summed E-state index contributed by atoms with van der Waals surface area (Å²) in [4.78, 5) is 25.2. The van der Waals surface area contributed by atoms with Gasteiger partial charge in [-0.2, -0.15) is 0 Å². The lowest BCUT2D eigenvalue weighted by molar-refractivity contribution is -0.142. The molecule has 20 heavy (non-hydrogen) atoms. The lowest BCUT2D eigenvalue weighted by Crippen LogP contribution is -2.48. The molecule has 1 aliphatic heterocycles. The Kier molecular flexibility index (Phi) is 4.65. The lowest BCUT2D eigenvalue weighted by Gasteiger charge is -2.25. The number of ether oxygens (including phenoxy) is 1. The van der Waals surface area contributed by atoms with E-state index in [1.54, 1.807) is 19.1 Å². The summed E-state index contributed by atoms with van der Waals surface area (Å²) < 4.78 is 6.50. The smallest absolute Gasteiger partial charge is 0.264 e. The van der Waals surface area contributed by atoms with Gasteiger partial charge in [-0.15, -0.1) is 0 Å². The van der Waals surface area contributed by atoms with Crippen molar-refractivity contribution in [1.29, 1.82) is 0 Å². The van der Waals surface area contributed by atoms with Crippen LogP contribution in [-0.2, 0) is 9.59 Å². The van der Waals surface area contributed by atoms with Crippen LogP contribution in [0.5, 0.6) is 5.75 Å². The van der Waals surface area contributed by atoms with Gasteiger partial charge in [-0.3, -0.25) is 9.59 Å². The lowest BCUT2D eigenvalue weighted by atomic mass is 10.2. The SMILES string of the molecule is C[C@H](Oc1cccc(Br)c1)C(=O)N1CCC[C@@H]1C(N)=O. The van der Waals surface area contributed by atoms with Gasteiger partial charge in [-0.25, -0.2) is 0 Å². The minimum absolute atomic E-state index is 0.203. The molecule has 1 heterocycles. The van der Waals surface area contributed by atoms with Crippen molar-refractivity contribution in [2.75, 3.05) is 6.54 Å². The molecule has 0 radical (unpaired) electrons. The van der Waals surface area contributed by atoms with Crippen molar-refractivity contribution in [3.63, 3.8) is 0 Å². The van der Waals surface area contributed by atoms with E-state index in [9.17, 15) is 9.59 Å². The van der Waals surface area contributed by atoms with Gasteiger partial charge in [-0.1, -0.05) is 22.0 Å². The van der Waals surface area contributed by atoms with Gasteiger partial charge in [0, 0.05) is 11.0 Å². The monoisotopic (exact) mass is 340 g/mol. The van der Waals surface area contributed by atoms with Crippen LogP contribution in [0.2, 0.25) is 0 Å². The molecule has 2 amide bonds. The van der Waals surface area contributed by atoms with E-state index in [1.165, 1.54) is 4.90 Å². The first-order valence-corrected chi connectivity index (χ1v) is 7.30. The summed E-state index contributed by atoms with van der Waals surface area (Å²) in [6, 6.07) is 6.78. The van der Waals surface area contributed by atoms with E-state index in [0.717, 1.165) is 10.9 Å². The second kappa shape index (κ2) is 6.26. The van der Waals surface area contributed by atoms with Crippen LogP contribution in [0.3, 0.4) is 0 Å². The summed E-state index contributed by atoms with van der Waals surface area (Å²) in [6.07, 6.45) is 0.775. The Bertz CT molecular complexity index is 521.